The second-order valence-electron chi connectivity index (χ2n) is 3.53. The van der Waals surface area contributed by atoms with Gasteiger partial charge in [0.05, 0.1) is 6.61 Å². The van der Waals surface area contributed by atoms with E-state index in [4.69, 9.17) is 10.8 Å². The Labute approximate surface area is 92.8 Å². The van der Waals surface area contributed by atoms with Crippen LogP contribution in [-0.2, 0) is 0 Å². The minimum absolute atomic E-state index is 0.217. The van der Waals surface area contributed by atoms with Gasteiger partial charge in [-0.25, -0.2) is 0 Å². The lowest BCUT2D eigenvalue weighted by molar-refractivity contribution is 0.239. The topological polar surface area (TPSA) is 82.3 Å². The molecule has 0 rings (SSSR count). The van der Waals surface area contributed by atoms with Crippen LogP contribution in [0.3, 0.4) is 0 Å². The molecule has 15 heavy (non-hydrogen) atoms. The van der Waals surface area contributed by atoms with E-state index in [-0.39, 0.29) is 12.6 Å². The Morgan fingerprint density at radius 1 is 1.07 bits per heavy atom. The Hall–Kier alpha value is -0.200. The van der Waals surface area contributed by atoms with Crippen LogP contribution < -0.4 is 21.7 Å². The molecule has 0 aliphatic carbocycles. The summed E-state index contributed by atoms with van der Waals surface area (Å²) in [5.41, 5.74) is 5.34. The molecule has 0 radical (unpaired) electrons. The van der Waals surface area contributed by atoms with Crippen molar-refractivity contribution in [1.29, 1.82) is 0 Å². The van der Waals surface area contributed by atoms with Crippen LogP contribution in [0.25, 0.3) is 0 Å². The van der Waals surface area contributed by atoms with Crippen molar-refractivity contribution in [3.63, 3.8) is 0 Å². The first-order valence-corrected chi connectivity index (χ1v) is 5.80. The summed E-state index contributed by atoms with van der Waals surface area (Å²) in [6.07, 6.45) is 0.967. The maximum Gasteiger partial charge on any atom is 0.0584 e. The summed E-state index contributed by atoms with van der Waals surface area (Å²) in [6.45, 7) is 7.59. The maximum atomic E-state index is 8.92. The minimum atomic E-state index is 0.217. The second-order valence-corrected chi connectivity index (χ2v) is 3.53. The van der Waals surface area contributed by atoms with E-state index < -0.39 is 0 Å². The van der Waals surface area contributed by atoms with Crippen molar-refractivity contribution in [3.8, 4) is 0 Å². The summed E-state index contributed by atoms with van der Waals surface area (Å²) >= 11 is 0. The Balaban J connectivity index is 3.04. The molecule has 0 aromatic heterocycles. The van der Waals surface area contributed by atoms with E-state index in [0.29, 0.717) is 6.54 Å². The number of aliphatic hydroxyl groups excluding tert-OH is 1. The van der Waals surface area contributed by atoms with Crippen molar-refractivity contribution in [1.82, 2.24) is 16.0 Å². The average molecular weight is 218 g/mol. The molecule has 92 valence electrons. The highest BCUT2D eigenvalue weighted by atomic mass is 16.3. The predicted molar refractivity (Wildman–Crippen MR) is 64.0 cm³/mol. The van der Waals surface area contributed by atoms with E-state index in [1.54, 1.807) is 0 Å². The van der Waals surface area contributed by atoms with E-state index in [2.05, 4.69) is 22.9 Å². The molecule has 0 fully saturated rings. The highest BCUT2D eigenvalue weighted by Crippen LogP contribution is 1.86. The molecule has 0 saturated carbocycles. The van der Waals surface area contributed by atoms with E-state index in [9.17, 15) is 0 Å². The van der Waals surface area contributed by atoms with Gasteiger partial charge < -0.3 is 26.8 Å². The Kier molecular flexibility index (Phi) is 11.7. The van der Waals surface area contributed by atoms with Gasteiger partial charge in [0.15, 0.2) is 0 Å². The summed E-state index contributed by atoms with van der Waals surface area (Å²) in [5, 5.41) is 18.7. The molecule has 0 spiro atoms. The van der Waals surface area contributed by atoms with Crippen LogP contribution in [0.1, 0.15) is 13.3 Å². The van der Waals surface area contributed by atoms with Gasteiger partial charge in [-0.15, -0.1) is 0 Å². The van der Waals surface area contributed by atoms with Gasteiger partial charge in [-0.3, -0.25) is 0 Å². The monoisotopic (exact) mass is 218 g/mol. The quantitative estimate of drug-likeness (QED) is 0.272. The molecule has 0 saturated heterocycles. The molecule has 1 atom stereocenters. The predicted octanol–water partition coefficient (Wildman–Crippen LogP) is -1.52. The first kappa shape index (κ1) is 14.8. The van der Waals surface area contributed by atoms with Crippen LogP contribution in [0.5, 0.6) is 0 Å². The zero-order chi connectivity index (χ0) is 11.4. The van der Waals surface area contributed by atoms with Crippen molar-refractivity contribution in [2.75, 3.05) is 45.9 Å². The van der Waals surface area contributed by atoms with Crippen molar-refractivity contribution in [3.05, 3.63) is 0 Å². The van der Waals surface area contributed by atoms with Gasteiger partial charge >= 0.3 is 0 Å². The SMILES string of the molecule is CCC(CO)NCCNCCNCCN. The van der Waals surface area contributed by atoms with E-state index in [1.165, 1.54) is 0 Å². The van der Waals surface area contributed by atoms with Gasteiger partial charge in [0.1, 0.15) is 0 Å². The number of hydrogen-bond acceptors (Lipinski definition) is 5. The molecule has 5 heteroatoms. The molecule has 0 amide bonds. The van der Waals surface area contributed by atoms with Crippen LogP contribution in [0.4, 0.5) is 0 Å². The number of hydrogen-bond donors (Lipinski definition) is 5. The Morgan fingerprint density at radius 3 is 2.20 bits per heavy atom. The van der Waals surface area contributed by atoms with Gasteiger partial charge in [0.2, 0.25) is 0 Å². The molecule has 0 aromatic carbocycles. The Morgan fingerprint density at radius 2 is 1.67 bits per heavy atom. The van der Waals surface area contributed by atoms with Gasteiger partial charge in [-0.05, 0) is 6.42 Å². The molecule has 5 nitrogen and oxygen atoms in total. The van der Waals surface area contributed by atoms with Crippen molar-refractivity contribution < 1.29 is 5.11 Å². The van der Waals surface area contributed by atoms with E-state index in [0.717, 1.165) is 39.1 Å². The molecule has 6 N–H and O–H groups in total. The number of nitrogens with two attached hydrogens (primary N) is 1. The van der Waals surface area contributed by atoms with Crippen LogP contribution in [0, 0.1) is 0 Å². The average Bonchev–Trinajstić information content (AvgIpc) is 2.27. The van der Waals surface area contributed by atoms with Gasteiger partial charge in [-0.2, -0.15) is 0 Å². The van der Waals surface area contributed by atoms with E-state index in [1.807, 2.05) is 0 Å². The van der Waals surface area contributed by atoms with Crippen molar-refractivity contribution in [2.24, 2.45) is 5.73 Å². The van der Waals surface area contributed by atoms with Crippen molar-refractivity contribution >= 4 is 0 Å². The lowest BCUT2D eigenvalue weighted by Crippen LogP contribution is -2.38. The lowest BCUT2D eigenvalue weighted by atomic mass is 10.2. The normalized spacial score (nSPS) is 13.0. The summed E-state index contributed by atoms with van der Waals surface area (Å²) in [7, 11) is 0. The lowest BCUT2D eigenvalue weighted by Gasteiger charge is -2.14. The number of aliphatic hydroxyl groups is 1. The molecule has 0 aliphatic heterocycles. The van der Waals surface area contributed by atoms with Gasteiger partial charge in [-0.1, -0.05) is 6.92 Å². The summed E-state index contributed by atoms with van der Waals surface area (Å²) in [6, 6.07) is 0.238. The highest BCUT2D eigenvalue weighted by Gasteiger charge is 2.00. The van der Waals surface area contributed by atoms with Crippen LogP contribution in [0.2, 0.25) is 0 Å². The highest BCUT2D eigenvalue weighted by molar-refractivity contribution is 4.63. The molecular weight excluding hydrogens is 192 g/mol. The summed E-state index contributed by atoms with van der Waals surface area (Å²) in [5.74, 6) is 0. The fourth-order valence-corrected chi connectivity index (χ4v) is 1.23. The fourth-order valence-electron chi connectivity index (χ4n) is 1.23. The third kappa shape index (κ3) is 10.1. The van der Waals surface area contributed by atoms with Crippen LogP contribution >= 0.6 is 0 Å². The number of nitrogens with one attached hydrogen (secondary N) is 3. The van der Waals surface area contributed by atoms with E-state index >= 15 is 0 Å². The van der Waals surface area contributed by atoms with Crippen molar-refractivity contribution in [2.45, 2.75) is 19.4 Å². The second kappa shape index (κ2) is 11.9. The molecule has 1 unspecified atom stereocenters. The smallest absolute Gasteiger partial charge is 0.0584 e. The molecular formula is C10H26N4O. The maximum absolute atomic E-state index is 8.92. The third-order valence-corrected chi connectivity index (χ3v) is 2.25. The summed E-state index contributed by atoms with van der Waals surface area (Å²) in [4.78, 5) is 0. The molecule has 0 aromatic rings. The first-order valence-electron chi connectivity index (χ1n) is 5.80. The van der Waals surface area contributed by atoms with Gasteiger partial charge in [0, 0.05) is 45.3 Å². The minimum Gasteiger partial charge on any atom is -0.395 e. The zero-order valence-corrected chi connectivity index (χ0v) is 9.76. The zero-order valence-electron chi connectivity index (χ0n) is 9.76. The molecule has 0 heterocycles. The third-order valence-electron chi connectivity index (χ3n) is 2.25. The summed E-state index contributed by atoms with van der Waals surface area (Å²) < 4.78 is 0. The largest absolute Gasteiger partial charge is 0.395 e. The van der Waals surface area contributed by atoms with Gasteiger partial charge in [0.25, 0.3) is 0 Å². The fraction of sp³-hybridized carbons (Fsp3) is 1.00. The first-order chi connectivity index (χ1) is 7.35. The van der Waals surface area contributed by atoms with Crippen LogP contribution in [0.15, 0.2) is 0 Å². The molecule has 0 bridgehead atoms. The Bertz CT molecular complexity index is 120. The molecule has 0 aliphatic rings. The van der Waals surface area contributed by atoms with Crippen LogP contribution in [-0.4, -0.2) is 57.0 Å². The standard InChI is InChI=1S/C10H26N4O/c1-2-10(9-15)14-8-7-13-6-5-12-4-3-11/h10,12-15H,2-9,11H2,1H3. The number of rotatable bonds is 11.